The molecule has 0 saturated carbocycles. The number of carbonyl (C=O) groups excluding carboxylic acids is 2. The first-order valence-corrected chi connectivity index (χ1v) is 9.93. The van der Waals surface area contributed by atoms with Gasteiger partial charge in [-0.1, -0.05) is 23.5 Å². The molecule has 0 radical (unpaired) electrons. The minimum atomic E-state index is -0.818. The highest BCUT2D eigenvalue weighted by atomic mass is 32.1. The van der Waals surface area contributed by atoms with Crippen LogP contribution in [0.15, 0.2) is 78.9 Å². The van der Waals surface area contributed by atoms with E-state index >= 15 is 0 Å². The Hall–Kier alpha value is -3.91. The molecule has 1 aromatic carbocycles. The largest absolute Gasteiger partial charge is 0.507 e. The summed E-state index contributed by atoms with van der Waals surface area (Å²) in [7, 11) is 0. The van der Waals surface area contributed by atoms with E-state index in [0.717, 1.165) is 10.2 Å². The fraction of sp³-hybridized carbons (Fsp3) is 0.0455. The van der Waals surface area contributed by atoms with Gasteiger partial charge in [-0.3, -0.25) is 24.5 Å². The molecule has 0 spiro atoms. The van der Waals surface area contributed by atoms with Crippen LogP contribution in [0.25, 0.3) is 16.0 Å². The summed E-state index contributed by atoms with van der Waals surface area (Å²) < 4.78 is 0.900. The molecule has 7 nitrogen and oxygen atoms in total. The maximum atomic E-state index is 13.1. The number of aliphatic hydroxyl groups excluding tert-OH is 1. The number of para-hydroxylation sites is 1. The lowest BCUT2D eigenvalue weighted by Gasteiger charge is -2.22. The van der Waals surface area contributed by atoms with Gasteiger partial charge in [0.05, 0.1) is 21.8 Å². The molecule has 1 unspecified atom stereocenters. The van der Waals surface area contributed by atoms with Crippen molar-refractivity contribution in [1.29, 1.82) is 0 Å². The monoisotopic (exact) mass is 414 g/mol. The Balaban J connectivity index is 1.74. The third kappa shape index (κ3) is 2.85. The quantitative estimate of drug-likeness (QED) is 0.312. The van der Waals surface area contributed by atoms with Crippen molar-refractivity contribution in [2.75, 3.05) is 4.90 Å². The Morgan fingerprint density at radius 1 is 0.933 bits per heavy atom. The van der Waals surface area contributed by atoms with Crippen molar-refractivity contribution in [3.8, 4) is 0 Å². The van der Waals surface area contributed by atoms with Crippen molar-refractivity contribution in [3.05, 3.63) is 90.0 Å². The average molecular weight is 414 g/mol. The number of hydrogen-bond acceptors (Lipinski definition) is 7. The summed E-state index contributed by atoms with van der Waals surface area (Å²) in [5.74, 6) is -1.74. The lowest BCUT2D eigenvalue weighted by Crippen LogP contribution is -2.29. The zero-order valence-electron chi connectivity index (χ0n) is 15.5. The number of Topliss-reactive ketones (excluding diaryl/α,β-unsaturated/α-hetero) is 1. The number of hydrogen-bond donors (Lipinski definition) is 1. The molecule has 1 aliphatic rings. The Morgan fingerprint density at radius 2 is 1.60 bits per heavy atom. The van der Waals surface area contributed by atoms with E-state index < -0.39 is 17.7 Å². The molecule has 0 aliphatic carbocycles. The van der Waals surface area contributed by atoms with Gasteiger partial charge in [-0.2, -0.15) is 0 Å². The van der Waals surface area contributed by atoms with Crippen LogP contribution >= 0.6 is 11.3 Å². The van der Waals surface area contributed by atoms with Gasteiger partial charge in [0.15, 0.2) is 5.13 Å². The molecule has 5 rings (SSSR count). The second kappa shape index (κ2) is 7.16. The van der Waals surface area contributed by atoms with E-state index in [1.54, 1.807) is 36.7 Å². The maximum absolute atomic E-state index is 13.1. The van der Waals surface area contributed by atoms with Gasteiger partial charge >= 0.3 is 5.91 Å². The summed E-state index contributed by atoms with van der Waals surface area (Å²) >= 11 is 1.32. The van der Waals surface area contributed by atoms with Gasteiger partial charge in [0.2, 0.25) is 0 Å². The third-order valence-electron chi connectivity index (χ3n) is 4.91. The Morgan fingerprint density at radius 3 is 2.30 bits per heavy atom. The fourth-order valence-electron chi connectivity index (χ4n) is 3.52. The van der Waals surface area contributed by atoms with Gasteiger partial charge in [-0.25, -0.2) is 4.98 Å². The average Bonchev–Trinajstić information content (AvgIpc) is 3.33. The predicted molar refractivity (Wildman–Crippen MR) is 113 cm³/mol. The van der Waals surface area contributed by atoms with E-state index in [-0.39, 0.29) is 11.3 Å². The number of fused-ring (bicyclic) bond motifs is 1. The summed E-state index contributed by atoms with van der Waals surface area (Å²) in [6.07, 6.45) is 6.20. The van der Waals surface area contributed by atoms with Crippen molar-refractivity contribution in [3.63, 3.8) is 0 Å². The molecule has 1 saturated heterocycles. The fourth-order valence-corrected chi connectivity index (χ4v) is 4.51. The van der Waals surface area contributed by atoms with Crippen LogP contribution in [0, 0.1) is 0 Å². The highest BCUT2D eigenvalue weighted by Crippen LogP contribution is 2.43. The number of thiazole rings is 1. The molecule has 1 aliphatic heterocycles. The third-order valence-corrected chi connectivity index (χ3v) is 5.94. The van der Waals surface area contributed by atoms with Crippen LogP contribution in [0.1, 0.15) is 17.2 Å². The topological polar surface area (TPSA) is 96.3 Å². The summed E-state index contributed by atoms with van der Waals surface area (Å²) in [6.45, 7) is 0. The number of anilines is 1. The molecule has 4 heterocycles. The van der Waals surface area contributed by atoms with Gasteiger partial charge in [-0.15, -0.1) is 0 Å². The zero-order valence-corrected chi connectivity index (χ0v) is 16.3. The van der Waals surface area contributed by atoms with Crippen LogP contribution in [0.2, 0.25) is 0 Å². The molecular formula is C22H14N4O3S. The number of amides is 1. The number of aliphatic hydroxyl groups is 1. The van der Waals surface area contributed by atoms with Crippen LogP contribution < -0.4 is 4.90 Å². The van der Waals surface area contributed by atoms with E-state index in [9.17, 15) is 14.7 Å². The van der Waals surface area contributed by atoms with Gasteiger partial charge < -0.3 is 5.11 Å². The number of benzene rings is 1. The predicted octanol–water partition coefficient (Wildman–Crippen LogP) is 3.71. The second-order valence-electron chi connectivity index (χ2n) is 6.65. The van der Waals surface area contributed by atoms with Gasteiger partial charge in [0, 0.05) is 30.4 Å². The summed E-state index contributed by atoms with van der Waals surface area (Å²) in [5, 5.41) is 11.4. The molecule has 1 fully saturated rings. The number of nitrogens with zero attached hydrogens (tertiary/aromatic N) is 4. The Bertz CT molecular complexity index is 1270. The van der Waals surface area contributed by atoms with E-state index in [1.165, 1.54) is 28.6 Å². The Labute approximate surface area is 175 Å². The number of rotatable bonds is 3. The highest BCUT2D eigenvalue weighted by Gasteiger charge is 2.48. The SMILES string of the molecule is O=C1C(=O)N(c2nc3ccccc3s2)C(c2ccncc2)/C1=C(\O)c1ccncc1. The Kier molecular flexibility index (Phi) is 4.33. The minimum Gasteiger partial charge on any atom is -0.507 e. The molecular weight excluding hydrogens is 400 g/mol. The number of carbonyl (C=O) groups is 2. The summed E-state index contributed by atoms with van der Waals surface area (Å²) in [6, 6.07) is 13.3. The second-order valence-corrected chi connectivity index (χ2v) is 7.66. The summed E-state index contributed by atoms with van der Waals surface area (Å²) in [5.41, 5.74) is 1.81. The van der Waals surface area contributed by atoms with E-state index in [2.05, 4.69) is 15.0 Å². The number of ketones is 1. The van der Waals surface area contributed by atoms with Gasteiger partial charge in [0.25, 0.3) is 5.78 Å². The van der Waals surface area contributed by atoms with Crippen LogP contribution in [-0.4, -0.2) is 31.7 Å². The van der Waals surface area contributed by atoms with Crippen molar-refractivity contribution in [2.24, 2.45) is 0 Å². The molecule has 0 bridgehead atoms. The molecule has 4 aromatic rings. The molecule has 8 heteroatoms. The van der Waals surface area contributed by atoms with Gasteiger partial charge in [-0.05, 0) is 42.0 Å². The van der Waals surface area contributed by atoms with E-state index in [1.807, 2.05) is 24.3 Å². The molecule has 1 N–H and O–H groups in total. The molecule has 30 heavy (non-hydrogen) atoms. The van der Waals surface area contributed by atoms with Gasteiger partial charge in [0.1, 0.15) is 5.76 Å². The first-order chi connectivity index (χ1) is 14.6. The molecule has 3 aromatic heterocycles. The first-order valence-electron chi connectivity index (χ1n) is 9.12. The zero-order chi connectivity index (χ0) is 20.7. The summed E-state index contributed by atoms with van der Waals surface area (Å²) in [4.78, 5) is 40.0. The maximum Gasteiger partial charge on any atom is 0.301 e. The lowest BCUT2D eigenvalue weighted by molar-refractivity contribution is -0.132. The van der Waals surface area contributed by atoms with Crippen molar-refractivity contribution >= 4 is 44.1 Å². The van der Waals surface area contributed by atoms with Crippen LogP contribution in [-0.2, 0) is 9.59 Å². The van der Waals surface area contributed by atoms with Crippen molar-refractivity contribution < 1.29 is 14.7 Å². The first kappa shape index (κ1) is 18.1. The van der Waals surface area contributed by atoms with E-state index in [0.29, 0.717) is 16.3 Å². The number of pyridine rings is 2. The molecule has 146 valence electrons. The molecule has 1 amide bonds. The highest BCUT2D eigenvalue weighted by molar-refractivity contribution is 7.22. The van der Waals surface area contributed by atoms with Crippen LogP contribution in [0.5, 0.6) is 0 Å². The minimum absolute atomic E-state index is 0.0108. The van der Waals surface area contributed by atoms with Crippen LogP contribution in [0.4, 0.5) is 5.13 Å². The lowest BCUT2D eigenvalue weighted by atomic mass is 9.96. The van der Waals surface area contributed by atoms with Crippen LogP contribution in [0.3, 0.4) is 0 Å². The normalized spacial score (nSPS) is 18.3. The van der Waals surface area contributed by atoms with Crippen molar-refractivity contribution in [1.82, 2.24) is 15.0 Å². The van der Waals surface area contributed by atoms with Crippen molar-refractivity contribution in [2.45, 2.75) is 6.04 Å². The molecule has 1 atom stereocenters. The number of aromatic nitrogens is 3. The van der Waals surface area contributed by atoms with E-state index in [4.69, 9.17) is 0 Å². The smallest absolute Gasteiger partial charge is 0.301 e. The standard InChI is InChI=1S/C22H14N4O3S/c27-19(14-7-11-24-12-8-14)17-18(13-5-9-23-10-6-13)26(21(29)20(17)28)22-25-15-3-1-2-4-16(15)30-22/h1-12,18,27H/b19-17+.